The molecule has 0 aliphatic rings. The van der Waals surface area contributed by atoms with Crippen molar-refractivity contribution in [3.05, 3.63) is 94.3 Å². The molecule has 1 aromatic heterocycles. The van der Waals surface area contributed by atoms with Crippen LogP contribution >= 0.6 is 0 Å². The van der Waals surface area contributed by atoms with E-state index in [1.54, 1.807) is 28.9 Å². The van der Waals surface area contributed by atoms with Gasteiger partial charge in [-0.05, 0) is 67.8 Å². The number of hydrogen-bond acceptors (Lipinski definition) is 3. The summed E-state index contributed by atoms with van der Waals surface area (Å²) in [5.41, 5.74) is 7.34. The fraction of sp³-hybridized carbons (Fsp3) is 0.160. The monoisotopic (exact) mass is 412 g/mol. The molecular weight excluding hydrogens is 388 g/mol. The molecule has 0 fully saturated rings. The van der Waals surface area contributed by atoms with Crippen molar-refractivity contribution in [1.29, 1.82) is 5.26 Å². The van der Waals surface area contributed by atoms with Gasteiger partial charge >= 0.3 is 0 Å². The molecule has 3 aromatic rings. The van der Waals surface area contributed by atoms with Gasteiger partial charge < -0.3 is 5.32 Å². The van der Waals surface area contributed by atoms with Crippen LogP contribution in [-0.2, 0) is 11.2 Å². The molecule has 6 nitrogen and oxygen atoms in total. The molecule has 2 N–H and O–H groups in total. The minimum atomic E-state index is -0.482. The van der Waals surface area contributed by atoms with Crippen LogP contribution < -0.4 is 10.7 Å². The van der Waals surface area contributed by atoms with E-state index in [2.05, 4.69) is 17.7 Å². The first-order chi connectivity index (χ1) is 14.9. The molecule has 0 aliphatic heterocycles. The third-order valence-electron chi connectivity index (χ3n) is 5.00. The molecule has 0 unspecified atom stereocenters. The van der Waals surface area contributed by atoms with Crippen molar-refractivity contribution in [2.75, 3.05) is 10.7 Å². The predicted molar refractivity (Wildman–Crippen MR) is 122 cm³/mol. The zero-order chi connectivity index (χ0) is 22.4. The Morgan fingerprint density at radius 3 is 2.35 bits per heavy atom. The summed E-state index contributed by atoms with van der Waals surface area (Å²) >= 11 is 0. The average Bonchev–Trinajstić information content (AvgIpc) is 3.05. The van der Waals surface area contributed by atoms with Gasteiger partial charge in [-0.1, -0.05) is 37.3 Å². The lowest BCUT2D eigenvalue weighted by molar-refractivity contribution is -0.112. The van der Waals surface area contributed by atoms with E-state index in [4.69, 9.17) is 0 Å². The first-order valence-electron chi connectivity index (χ1n) is 10.0. The van der Waals surface area contributed by atoms with E-state index in [1.165, 1.54) is 11.6 Å². The lowest BCUT2D eigenvalue weighted by Crippen LogP contribution is -2.24. The van der Waals surface area contributed by atoms with Crippen LogP contribution in [0, 0.1) is 25.2 Å². The van der Waals surface area contributed by atoms with Crippen molar-refractivity contribution < 1.29 is 9.59 Å². The van der Waals surface area contributed by atoms with Gasteiger partial charge in [0, 0.05) is 22.6 Å². The summed E-state index contributed by atoms with van der Waals surface area (Å²) in [5.74, 6) is -0.725. The second-order valence-corrected chi connectivity index (χ2v) is 7.14. The van der Waals surface area contributed by atoms with Crippen LogP contribution in [0.2, 0.25) is 0 Å². The number of nitrogens with one attached hydrogen (secondary N) is 2. The summed E-state index contributed by atoms with van der Waals surface area (Å²) in [7, 11) is 0. The Bertz CT molecular complexity index is 1170. The average molecular weight is 412 g/mol. The lowest BCUT2D eigenvalue weighted by Gasteiger charge is -2.11. The molecule has 0 spiro atoms. The number of nitrogens with zero attached hydrogens (tertiary/aromatic N) is 2. The Labute approximate surface area is 181 Å². The van der Waals surface area contributed by atoms with Gasteiger partial charge in [0.05, 0.1) is 0 Å². The van der Waals surface area contributed by atoms with Crippen LogP contribution in [-0.4, -0.2) is 16.5 Å². The van der Waals surface area contributed by atoms with Crippen LogP contribution in [0.15, 0.2) is 66.2 Å². The van der Waals surface area contributed by atoms with Crippen LogP contribution in [0.25, 0.3) is 6.08 Å². The molecular formula is C25H24N4O2. The zero-order valence-electron chi connectivity index (χ0n) is 17.8. The number of benzene rings is 2. The van der Waals surface area contributed by atoms with Crippen LogP contribution in [0.3, 0.4) is 0 Å². The highest BCUT2D eigenvalue weighted by Gasteiger charge is 2.15. The second-order valence-electron chi connectivity index (χ2n) is 7.14. The van der Waals surface area contributed by atoms with E-state index < -0.39 is 5.91 Å². The van der Waals surface area contributed by atoms with Crippen LogP contribution in [0.4, 0.5) is 5.69 Å². The van der Waals surface area contributed by atoms with Gasteiger partial charge in [-0.3, -0.25) is 19.7 Å². The highest BCUT2D eigenvalue weighted by Crippen LogP contribution is 2.19. The first-order valence-corrected chi connectivity index (χ1v) is 10.0. The fourth-order valence-corrected chi connectivity index (χ4v) is 3.19. The van der Waals surface area contributed by atoms with Gasteiger partial charge in [0.2, 0.25) is 0 Å². The molecule has 31 heavy (non-hydrogen) atoms. The van der Waals surface area contributed by atoms with Crippen LogP contribution in [0.5, 0.6) is 0 Å². The van der Waals surface area contributed by atoms with Gasteiger partial charge in [-0.2, -0.15) is 5.26 Å². The van der Waals surface area contributed by atoms with E-state index in [0.29, 0.717) is 16.8 Å². The van der Waals surface area contributed by atoms with Crippen molar-refractivity contribution in [2.24, 2.45) is 0 Å². The zero-order valence-corrected chi connectivity index (χ0v) is 17.8. The van der Waals surface area contributed by atoms with Gasteiger partial charge in [0.15, 0.2) is 0 Å². The Morgan fingerprint density at radius 1 is 1.06 bits per heavy atom. The SMILES string of the molecule is CCc1ccc(NC(=O)/C(C#N)=C\c2cc(C)n(NC(=O)c3ccccc3)c2C)cc1. The van der Waals surface area contributed by atoms with Crippen molar-refractivity contribution in [3.63, 3.8) is 0 Å². The Kier molecular flexibility index (Phi) is 6.68. The Hall–Kier alpha value is -4.11. The Morgan fingerprint density at radius 2 is 1.74 bits per heavy atom. The standard InChI is InChI=1S/C25H24N4O2/c1-4-19-10-12-23(13-11-19)27-24(30)22(16-26)15-21-14-17(2)29(18(21)3)28-25(31)20-8-6-5-7-9-20/h5-15H,4H2,1-3H3,(H,27,30)(H,28,31)/b22-15-. The lowest BCUT2D eigenvalue weighted by atomic mass is 10.1. The molecule has 2 aromatic carbocycles. The molecule has 0 atom stereocenters. The molecule has 0 radical (unpaired) electrons. The number of aromatic nitrogens is 1. The van der Waals surface area contributed by atoms with Gasteiger partial charge in [-0.15, -0.1) is 0 Å². The number of anilines is 1. The van der Waals surface area contributed by atoms with Crippen LogP contribution in [0.1, 0.15) is 39.8 Å². The number of carbonyl (C=O) groups excluding carboxylic acids is 2. The molecule has 156 valence electrons. The molecule has 2 amide bonds. The topological polar surface area (TPSA) is 86.9 Å². The van der Waals surface area contributed by atoms with Crippen molar-refractivity contribution >= 4 is 23.6 Å². The summed E-state index contributed by atoms with van der Waals surface area (Å²) in [6.07, 6.45) is 2.44. The maximum absolute atomic E-state index is 12.6. The maximum atomic E-state index is 12.6. The largest absolute Gasteiger partial charge is 0.321 e. The molecule has 0 saturated carbocycles. The summed E-state index contributed by atoms with van der Waals surface area (Å²) in [5, 5.41) is 12.3. The molecule has 6 heteroatoms. The highest BCUT2D eigenvalue weighted by molar-refractivity contribution is 6.09. The van der Waals surface area contributed by atoms with Gasteiger partial charge in [0.25, 0.3) is 11.8 Å². The van der Waals surface area contributed by atoms with Gasteiger partial charge in [-0.25, -0.2) is 0 Å². The fourth-order valence-electron chi connectivity index (χ4n) is 3.19. The van der Waals surface area contributed by atoms with E-state index >= 15 is 0 Å². The summed E-state index contributed by atoms with van der Waals surface area (Å²) < 4.78 is 1.65. The van der Waals surface area contributed by atoms with Crippen molar-refractivity contribution in [2.45, 2.75) is 27.2 Å². The third-order valence-corrected chi connectivity index (χ3v) is 5.00. The van der Waals surface area contributed by atoms with E-state index in [0.717, 1.165) is 17.8 Å². The number of amides is 2. The highest BCUT2D eigenvalue weighted by atomic mass is 16.2. The third kappa shape index (κ3) is 5.09. The molecule has 3 rings (SSSR count). The van der Waals surface area contributed by atoms with E-state index in [1.807, 2.05) is 56.3 Å². The van der Waals surface area contributed by atoms with E-state index in [-0.39, 0.29) is 11.5 Å². The van der Waals surface area contributed by atoms with Crippen molar-refractivity contribution in [1.82, 2.24) is 4.68 Å². The quantitative estimate of drug-likeness (QED) is 0.458. The van der Waals surface area contributed by atoms with Gasteiger partial charge in [0.1, 0.15) is 11.6 Å². The smallest absolute Gasteiger partial charge is 0.270 e. The van der Waals surface area contributed by atoms with E-state index in [9.17, 15) is 14.9 Å². The first kappa shape index (κ1) is 21.6. The number of aryl methyl sites for hydroxylation is 2. The molecule has 0 aliphatic carbocycles. The summed E-state index contributed by atoms with van der Waals surface area (Å²) in [4.78, 5) is 25.1. The van der Waals surface area contributed by atoms with Crippen molar-refractivity contribution in [3.8, 4) is 6.07 Å². The number of carbonyl (C=O) groups is 2. The number of nitriles is 1. The minimum Gasteiger partial charge on any atom is -0.321 e. The maximum Gasteiger partial charge on any atom is 0.270 e. The predicted octanol–water partition coefficient (Wildman–Crippen LogP) is 4.60. The normalized spacial score (nSPS) is 11.0. The number of hydrogen-bond donors (Lipinski definition) is 2. The molecule has 0 saturated heterocycles. The Balaban J connectivity index is 1.80. The molecule has 0 bridgehead atoms. The summed E-state index contributed by atoms with van der Waals surface area (Å²) in [6.45, 7) is 5.72. The number of rotatable bonds is 6. The second kappa shape index (κ2) is 9.59. The minimum absolute atomic E-state index is 0.0193. The molecule has 1 heterocycles. The summed E-state index contributed by atoms with van der Waals surface area (Å²) in [6, 6.07) is 20.2.